The summed E-state index contributed by atoms with van der Waals surface area (Å²) in [5, 5.41) is 5.82. The molecule has 4 rings (SSSR count). The molecule has 0 radical (unpaired) electrons. The molecule has 3 aromatic rings. The molecule has 0 bridgehead atoms. The second-order valence-corrected chi connectivity index (χ2v) is 11.3. The van der Waals surface area contributed by atoms with Crippen LogP contribution in [0.15, 0.2) is 66.0 Å². The number of carbonyl (C=O) groups is 3. The van der Waals surface area contributed by atoms with Crippen LogP contribution in [0.5, 0.6) is 0 Å². The minimum absolute atomic E-state index is 0.00132. The molecule has 11 nitrogen and oxygen atoms in total. The molecule has 1 aliphatic rings. The Morgan fingerprint density at radius 3 is 2.58 bits per heavy atom. The van der Waals surface area contributed by atoms with E-state index in [1.807, 2.05) is 13.8 Å². The SMILES string of the molecule is CC(C)C[C@H](NC(=O)OCc1ccncc1)C(=O)NC1CN(S(=O)(=O)c2cccc3cccnc23)CC1=O. The van der Waals surface area contributed by atoms with Crippen LogP contribution in [-0.2, 0) is 31.0 Å². The van der Waals surface area contributed by atoms with E-state index in [0.717, 1.165) is 9.87 Å². The lowest BCUT2D eigenvalue weighted by Gasteiger charge is -2.22. The number of fused-ring (bicyclic) bond motifs is 1. The number of Topliss-reactive ketones (excluding diaryl/α,β-unsaturated/α-hetero) is 1. The fraction of sp³-hybridized carbons (Fsp3) is 0.346. The van der Waals surface area contributed by atoms with Crippen LogP contribution in [0.1, 0.15) is 25.8 Å². The van der Waals surface area contributed by atoms with Gasteiger partial charge in [-0.05, 0) is 42.2 Å². The second kappa shape index (κ2) is 11.7. The van der Waals surface area contributed by atoms with Crippen molar-refractivity contribution in [2.45, 2.75) is 43.9 Å². The Kier molecular flexibility index (Phi) is 8.32. The molecule has 0 aliphatic carbocycles. The van der Waals surface area contributed by atoms with E-state index in [0.29, 0.717) is 17.3 Å². The molecule has 1 aliphatic heterocycles. The fourth-order valence-corrected chi connectivity index (χ4v) is 5.76. The first-order valence-electron chi connectivity index (χ1n) is 12.1. The Morgan fingerprint density at radius 1 is 1.11 bits per heavy atom. The quantitative estimate of drug-likeness (QED) is 0.420. The van der Waals surface area contributed by atoms with Gasteiger partial charge in [0.05, 0.1) is 12.1 Å². The molecule has 2 atom stereocenters. The number of ether oxygens (including phenoxy) is 1. The zero-order valence-electron chi connectivity index (χ0n) is 21.0. The van der Waals surface area contributed by atoms with E-state index >= 15 is 0 Å². The zero-order chi connectivity index (χ0) is 27.3. The maximum absolute atomic E-state index is 13.4. The predicted octanol–water partition coefficient (Wildman–Crippen LogP) is 2.03. The fourth-order valence-electron chi connectivity index (χ4n) is 4.17. The molecule has 2 amide bonds. The predicted molar refractivity (Wildman–Crippen MR) is 138 cm³/mol. The normalized spacial score (nSPS) is 16.9. The highest BCUT2D eigenvalue weighted by molar-refractivity contribution is 7.89. The van der Waals surface area contributed by atoms with Crippen molar-refractivity contribution in [2.24, 2.45) is 5.92 Å². The topological polar surface area (TPSA) is 148 Å². The minimum atomic E-state index is -4.05. The van der Waals surface area contributed by atoms with E-state index in [1.165, 1.54) is 12.3 Å². The maximum atomic E-state index is 13.4. The number of nitrogens with zero attached hydrogens (tertiary/aromatic N) is 3. The van der Waals surface area contributed by atoms with Crippen LogP contribution < -0.4 is 10.6 Å². The van der Waals surface area contributed by atoms with Crippen molar-refractivity contribution in [3.05, 3.63) is 66.6 Å². The lowest BCUT2D eigenvalue weighted by atomic mass is 10.0. The number of pyridine rings is 2. The third-order valence-corrected chi connectivity index (χ3v) is 7.92. The molecule has 3 heterocycles. The summed E-state index contributed by atoms with van der Waals surface area (Å²) in [6, 6.07) is 9.65. The van der Waals surface area contributed by atoms with Crippen LogP contribution in [0.3, 0.4) is 0 Å². The summed E-state index contributed by atoms with van der Waals surface area (Å²) in [6.45, 7) is 3.17. The van der Waals surface area contributed by atoms with Crippen molar-refractivity contribution >= 4 is 38.7 Å². The van der Waals surface area contributed by atoms with Gasteiger partial charge < -0.3 is 15.4 Å². The monoisotopic (exact) mass is 539 g/mol. The zero-order valence-corrected chi connectivity index (χ0v) is 21.8. The number of aromatic nitrogens is 2. The summed E-state index contributed by atoms with van der Waals surface area (Å²) in [4.78, 5) is 46.3. The van der Waals surface area contributed by atoms with Crippen molar-refractivity contribution in [1.29, 1.82) is 0 Å². The van der Waals surface area contributed by atoms with Crippen molar-refractivity contribution < 1.29 is 27.5 Å². The number of rotatable bonds is 9. The van der Waals surface area contributed by atoms with E-state index in [1.54, 1.807) is 48.8 Å². The van der Waals surface area contributed by atoms with Crippen molar-refractivity contribution in [1.82, 2.24) is 24.9 Å². The van der Waals surface area contributed by atoms with Crippen LogP contribution in [0.2, 0.25) is 0 Å². The lowest BCUT2D eigenvalue weighted by molar-refractivity contribution is -0.127. The summed E-state index contributed by atoms with van der Waals surface area (Å²) in [5.74, 6) is -0.996. The van der Waals surface area contributed by atoms with Gasteiger partial charge in [-0.15, -0.1) is 0 Å². The Hall–Kier alpha value is -3.90. The van der Waals surface area contributed by atoms with Crippen LogP contribution in [0, 0.1) is 5.92 Å². The number of benzene rings is 1. The molecule has 2 N–H and O–H groups in total. The van der Waals surface area contributed by atoms with Gasteiger partial charge in [0, 0.05) is 30.5 Å². The van der Waals surface area contributed by atoms with Crippen LogP contribution in [0.25, 0.3) is 10.9 Å². The molecule has 1 aromatic carbocycles. The van der Waals surface area contributed by atoms with Gasteiger partial charge in [-0.25, -0.2) is 13.2 Å². The summed E-state index contributed by atoms with van der Waals surface area (Å²) >= 11 is 0. The molecule has 38 heavy (non-hydrogen) atoms. The summed E-state index contributed by atoms with van der Waals surface area (Å²) in [6.07, 6.45) is 4.16. The molecule has 2 aromatic heterocycles. The molecular formula is C26H29N5O6S. The molecule has 1 saturated heterocycles. The Bertz CT molecular complexity index is 1430. The van der Waals surface area contributed by atoms with Gasteiger partial charge in [-0.1, -0.05) is 32.0 Å². The first-order chi connectivity index (χ1) is 18.1. The number of nitrogens with one attached hydrogen (secondary N) is 2. The molecular weight excluding hydrogens is 510 g/mol. The van der Waals surface area contributed by atoms with Crippen molar-refractivity contribution in [3.8, 4) is 0 Å². The minimum Gasteiger partial charge on any atom is -0.445 e. The number of ketones is 1. The van der Waals surface area contributed by atoms with Gasteiger partial charge in [0.15, 0.2) is 5.78 Å². The number of hydrogen-bond acceptors (Lipinski definition) is 8. The highest BCUT2D eigenvalue weighted by atomic mass is 32.2. The number of para-hydroxylation sites is 1. The van der Waals surface area contributed by atoms with E-state index in [4.69, 9.17) is 4.74 Å². The average molecular weight is 540 g/mol. The van der Waals surface area contributed by atoms with Gasteiger partial charge in [-0.3, -0.25) is 19.6 Å². The van der Waals surface area contributed by atoms with Gasteiger partial charge >= 0.3 is 6.09 Å². The molecule has 1 fully saturated rings. The molecule has 12 heteroatoms. The number of amides is 2. The van der Waals surface area contributed by atoms with Crippen LogP contribution in [0.4, 0.5) is 4.79 Å². The van der Waals surface area contributed by atoms with Crippen LogP contribution in [-0.4, -0.2) is 65.6 Å². The van der Waals surface area contributed by atoms with E-state index < -0.39 is 39.9 Å². The van der Waals surface area contributed by atoms with Gasteiger partial charge in [0.1, 0.15) is 23.6 Å². The highest BCUT2D eigenvalue weighted by Crippen LogP contribution is 2.26. The number of hydrogen-bond donors (Lipinski definition) is 2. The first-order valence-corrected chi connectivity index (χ1v) is 13.6. The molecule has 0 saturated carbocycles. The van der Waals surface area contributed by atoms with Crippen molar-refractivity contribution in [3.63, 3.8) is 0 Å². The van der Waals surface area contributed by atoms with Gasteiger partial charge in [0.25, 0.3) is 0 Å². The third kappa shape index (κ3) is 6.32. The van der Waals surface area contributed by atoms with Gasteiger partial charge in [-0.2, -0.15) is 4.31 Å². The lowest BCUT2D eigenvalue weighted by Crippen LogP contribution is -2.52. The number of sulfonamides is 1. The summed E-state index contributed by atoms with van der Waals surface area (Å²) < 4.78 is 33.0. The van der Waals surface area contributed by atoms with E-state index in [9.17, 15) is 22.8 Å². The van der Waals surface area contributed by atoms with E-state index in [-0.39, 0.29) is 30.5 Å². The van der Waals surface area contributed by atoms with Crippen molar-refractivity contribution in [2.75, 3.05) is 13.1 Å². The first kappa shape index (κ1) is 27.1. The highest BCUT2D eigenvalue weighted by Gasteiger charge is 2.40. The van der Waals surface area contributed by atoms with Crippen LogP contribution >= 0.6 is 0 Å². The second-order valence-electron chi connectivity index (χ2n) is 9.41. The molecule has 0 spiro atoms. The molecule has 200 valence electrons. The number of carbonyl (C=O) groups excluding carboxylic acids is 3. The maximum Gasteiger partial charge on any atom is 0.408 e. The summed E-state index contributed by atoms with van der Waals surface area (Å²) in [5.41, 5.74) is 1.04. The number of alkyl carbamates (subject to hydrolysis) is 1. The average Bonchev–Trinajstić information content (AvgIpc) is 3.27. The largest absolute Gasteiger partial charge is 0.445 e. The Labute approximate surface area is 220 Å². The third-order valence-electron chi connectivity index (χ3n) is 6.07. The van der Waals surface area contributed by atoms with E-state index in [2.05, 4.69) is 20.6 Å². The smallest absolute Gasteiger partial charge is 0.408 e. The Balaban J connectivity index is 1.42. The molecule has 1 unspecified atom stereocenters. The standard InChI is InChI=1S/C26H29N5O6S/c1-17(2)13-20(30-26(34)37-16-18-8-11-27-12-9-18)25(33)29-21-14-31(15-22(21)32)38(35,36)23-7-3-5-19-6-4-10-28-24(19)23/h3-12,17,20-21H,13-16H2,1-2H3,(H,29,33)(H,30,34)/t20-,21?/m0/s1. The van der Waals surface area contributed by atoms with Gasteiger partial charge in [0.2, 0.25) is 15.9 Å². The summed E-state index contributed by atoms with van der Waals surface area (Å²) in [7, 11) is -4.05. The Morgan fingerprint density at radius 2 is 1.84 bits per heavy atom.